The maximum atomic E-state index is 13.1. The molecule has 4 nitrogen and oxygen atoms in total. The van der Waals surface area contributed by atoms with Crippen molar-refractivity contribution in [2.75, 3.05) is 26.3 Å². The van der Waals surface area contributed by atoms with Gasteiger partial charge < -0.3 is 15.0 Å². The molecule has 0 bridgehead atoms. The average molecular weight is 506 g/mol. The van der Waals surface area contributed by atoms with Crippen LogP contribution in [0.3, 0.4) is 0 Å². The zero-order valence-electron chi connectivity index (χ0n) is 19.0. The number of fused-ring (bicyclic) bond motifs is 1. The first-order chi connectivity index (χ1) is 15.9. The molecule has 1 aliphatic heterocycles. The van der Waals surface area contributed by atoms with E-state index in [0.29, 0.717) is 40.1 Å². The molecule has 1 unspecified atom stereocenters. The fraction of sp³-hybridized carbons (Fsp3) is 0.423. The van der Waals surface area contributed by atoms with Crippen molar-refractivity contribution < 1.29 is 9.53 Å². The van der Waals surface area contributed by atoms with Crippen LogP contribution in [0, 0.1) is 5.92 Å². The third-order valence-corrected chi connectivity index (χ3v) is 7.99. The number of benzene rings is 2. The van der Waals surface area contributed by atoms with Crippen molar-refractivity contribution in [3.63, 3.8) is 0 Å². The molecule has 2 aromatic carbocycles. The number of thiophene rings is 1. The van der Waals surface area contributed by atoms with Crippen LogP contribution in [0.25, 0.3) is 10.1 Å². The molecule has 1 aliphatic rings. The predicted octanol–water partition coefficient (Wildman–Crippen LogP) is 6.82. The highest BCUT2D eigenvalue weighted by Crippen LogP contribution is 2.30. The molecule has 33 heavy (non-hydrogen) atoms. The maximum absolute atomic E-state index is 13.1. The molecule has 0 aliphatic carbocycles. The van der Waals surface area contributed by atoms with E-state index in [4.69, 9.17) is 27.9 Å². The summed E-state index contributed by atoms with van der Waals surface area (Å²) in [6.45, 7) is 7.82. The Labute approximate surface area is 209 Å². The van der Waals surface area contributed by atoms with Gasteiger partial charge in [-0.25, -0.2) is 0 Å². The van der Waals surface area contributed by atoms with Crippen molar-refractivity contribution in [3.8, 4) is 0 Å². The first kappa shape index (κ1) is 24.5. The Hall–Kier alpha value is -1.63. The molecular weight excluding hydrogens is 475 g/mol. The highest BCUT2D eigenvalue weighted by atomic mass is 35.5. The fourth-order valence-electron chi connectivity index (χ4n) is 4.30. The number of carbonyl (C=O) groups is 1. The molecule has 1 aromatic heterocycles. The summed E-state index contributed by atoms with van der Waals surface area (Å²) in [5, 5.41) is 5.44. The van der Waals surface area contributed by atoms with Crippen LogP contribution in [-0.4, -0.2) is 43.2 Å². The largest absolute Gasteiger partial charge is 0.379 e. The lowest BCUT2D eigenvalue weighted by atomic mass is 9.97. The van der Waals surface area contributed by atoms with Gasteiger partial charge in [0.1, 0.15) is 0 Å². The number of likely N-dealkylation sites (tertiary alicyclic amines) is 1. The molecule has 7 heteroatoms. The Morgan fingerprint density at radius 1 is 1.15 bits per heavy atom. The number of rotatable bonds is 8. The zero-order valence-corrected chi connectivity index (χ0v) is 21.3. The van der Waals surface area contributed by atoms with Gasteiger partial charge in [0.05, 0.1) is 17.5 Å². The fourth-order valence-corrected chi connectivity index (χ4v) is 5.81. The smallest absolute Gasteiger partial charge is 0.261 e. The second kappa shape index (κ2) is 11.2. The number of piperidine rings is 1. The minimum atomic E-state index is -0.323. The molecule has 1 atom stereocenters. The Kier molecular flexibility index (Phi) is 8.31. The second-order valence-corrected chi connectivity index (χ2v) is 10.9. The SMILES string of the molecule is CC(C)N1CCC(COCC(NC(=O)c2cc3ccc(Cl)cc3s2)c2ccccc2Cl)CC1. The van der Waals surface area contributed by atoms with Crippen molar-refractivity contribution >= 4 is 50.5 Å². The van der Waals surface area contributed by atoms with Crippen LogP contribution < -0.4 is 5.32 Å². The van der Waals surface area contributed by atoms with E-state index in [1.54, 1.807) is 0 Å². The van der Waals surface area contributed by atoms with Crippen LogP contribution in [0.2, 0.25) is 10.0 Å². The Morgan fingerprint density at radius 3 is 2.64 bits per heavy atom. The van der Waals surface area contributed by atoms with Gasteiger partial charge in [-0.15, -0.1) is 11.3 Å². The van der Waals surface area contributed by atoms with Gasteiger partial charge in [-0.05, 0) is 80.9 Å². The van der Waals surface area contributed by atoms with E-state index in [1.807, 2.05) is 48.5 Å². The van der Waals surface area contributed by atoms with E-state index in [0.717, 1.165) is 41.6 Å². The number of nitrogens with zero attached hydrogens (tertiary/aromatic N) is 1. The third-order valence-electron chi connectivity index (χ3n) is 6.31. The van der Waals surface area contributed by atoms with E-state index in [1.165, 1.54) is 11.3 Å². The summed E-state index contributed by atoms with van der Waals surface area (Å²) in [4.78, 5) is 16.3. The minimum absolute atomic E-state index is 0.133. The molecule has 1 amide bonds. The molecular formula is C26H30Cl2N2O2S. The van der Waals surface area contributed by atoms with E-state index in [2.05, 4.69) is 24.1 Å². The van der Waals surface area contributed by atoms with Crippen LogP contribution >= 0.6 is 34.5 Å². The van der Waals surface area contributed by atoms with Gasteiger partial charge >= 0.3 is 0 Å². The minimum Gasteiger partial charge on any atom is -0.379 e. The number of carbonyl (C=O) groups excluding carboxylic acids is 1. The van der Waals surface area contributed by atoms with Crippen molar-refractivity contribution in [1.82, 2.24) is 10.2 Å². The summed E-state index contributed by atoms with van der Waals surface area (Å²) >= 11 is 14.0. The van der Waals surface area contributed by atoms with Crippen molar-refractivity contribution in [3.05, 3.63) is 69.0 Å². The molecule has 4 rings (SSSR count). The molecule has 176 valence electrons. The average Bonchev–Trinajstić information content (AvgIpc) is 3.22. The lowest BCUT2D eigenvalue weighted by Crippen LogP contribution is -2.39. The highest BCUT2D eigenvalue weighted by molar-refractivity contribution is 7.20. The molecule has 1 fully saturated rings. The van der Waals surface area contributed by atoms with Gasteiger partial charge in [0.25, 0.3) is 5.91 Å². The lowest BCUT2D eigenvalue weighted by molar-refractivity contribution is 0.0474. The first-order valence-electron chi connectivity index (χ1n) is 11.5. The summed E-state index contributed by atoms with van der Waals surface area (Å²) in [5.41, 5.74) is 0.867. The van der Waals surface area contributed by atoms with E-state index < -0.39 is 0 Å². The maximum Gasteiger partial charge on any atom is 0.261 e. The summed E-state index contributed by atoms with van der Waals surface area (Å²) in [7, 11) is 0. The number of ether oxygens (including phenoxy) is 1. The van der Waals surface area contributed by atoms with Gasteiger partial charge in [0.2, 0.25) is 0 Å². The van der Waals surface area contributed by atoms with Gasteiger partial charge in [-0.2, -0.15) is 0 Å². The number of hydrogen-bond acceptors (Lipinski definition) is 4. The molecule has 1 N–H and O–H groups in total. The van der Waals surface area contributed by atoms with Gasteiger partial charge in [-0.3, -0.25) is 4.79 Å². The summed E-state index contributed by atoms with van der Waals surface area (Å²) < 4.78 is 7.14. The highest BCUT2D eigenvalue weighted by Gasteiger charge is 2.23. The molecule has 1 saturated heterocycles. The van der Waals surface area contributed by atoms with Gasteiger partial charge in [-0.1, -0.05) is 47.5 Å². The van der Waals surface area contributed by atoms with Gasteiger partial charge in [0, 0.05) is 27.4 Å². The quantitative estimate of drug-likeness (QED) is 0.366. The van der Waals surface area contributed by atoms with E-state index in [9.17, 15) is 4.79 Å². The summed E-state index contributed by atoms with van der Waals surface area (Å²) in [5.74, 6) is 0.418. The van der Waals surface area contributed by atoms with Crippen LogP contribution in [0.1, 0.15) is 48.0 Å². The lowest BCUT2D eigenvalue weighted by Gasteiger charge is -2.34. The molecule has 0 saturated carbocycles. The number of halogens is 2. The topological polar surface area (TPSA) is 41.6 Å². The predicted molar refractivity (Wildman–Crippen MR) is 139 cm³/mol. The Morgan fingerprint density at radius 2 is 1.91 bits per heavy atom. The zero-order chi connectivity index (χ0) is 23.4. The number of nitrogens with one attached hydrogen (secondary N) is 1. The Balaban J connectivity index is 1.41. The number of amides is 1. The molecule has 0 spiro atoms. The summed E-state index contributed by atoms with van der Waals surface area (Å²) in [6.07, 6.45) is 2.29. The molecule has 3 aromatic rings. The Bertz CT molecular complexity index is 1090. The van der Waals surface area contributed by atoms with Crippen LogP contribution in [-0.2, 0) is 4.74 Å². The van der Waals surface area contributed by atoms with Crippen molar-refractivity contribution in [2.24, 2.45) is 5.92 Å². The monoisotopic (exact) mass is 504 g/mol. The van der Waals surface area contributed by atoms with Crippen LogP contribution in [0.5, 0.6) is 0 Å². The van der Waals surface area contributed by atoms with Crippen molar-refractivity contribution in [2.45, 2.75) is 38.8 Å². The summed E-state index contributed by atoms with van der Waals surface area (Å²) in [6, 6.07) is 15.5. The number of hydrogen-bond donors (Lipinski definition) is 1. The second-order valence-electron chi connectivity index (χ2n) is 8.95. The molecule has 2 heterocycles. The van der Waals surface area contributed by atoms with Crippen molar-refractivity contribution in [1.29, 1.82) is 0 Å². The normalized spacial score (nSPS) is 16.4. The first-order valence-corrected chi connectivity index (χ1v) is 13.0. The van der Waals surface area contributed by atoms with E-state index in [-0.39, 0.29) is 11.9 Å². The van der Waals surface area contributed by atoms with E-state index >= 15 is 0 Å². The molecule has 0 radical (unpaired) electrons. The van der Waals surface area contributed by atoms with Gasteiger partial charge in [0.15, 0.2) is 0 Å². The third kappa shape index (κ3) is 6.28. The van der Waals surface area contributed by atoms with Crippen LogP contribution in [0.4, 0.5) is 0 Å². The van der Waals surface area contributed by atoms with Crippen LogP contribution in [0.15, 0.2) is 48.5 Å². The standard InChI is InChI=1S/C26H30Cl2N2O2S/c1-17(2)30-11-9-18(10-12-30)15-32-16-23(21-5-3-4-6-22(21)28)29-26(31)25-13-19-7-8-20(27)14-24(19)33-25/h3-8,13-14,17-18,23H,9-12,15-16H2,1-2H3,(H,29,31).